The van der Waals surface area contributed by atoms with Crippen LogP contribution >= 0.6 is 0 Å². The highest BCUT2D eigenvalue weighted by molar-refractivity contribution is 5.74. The van der Waals surface area contributed by atoms with Crippen molar-refractivity contribution >= 4 is 18.0 Å². The van der Waals surface area contributed by atoms with Crippen molar-refractivity contribution in [2.75, 3.05) is 29.5 Å². The maximum absolute atomic E-state index is 11.7. The van der Waals surface area contributed by atoms with Crippen molar-refractivity contribution < 1.29 is 14.3 Å². The molecule has 172 valence electrons. The third-order valence-electron chi connectivity index (χ3n) is 5.62. The van der Waals surface area contributed by atoms with Crippen LogP contribution in [0.3, 0.4) is 0 Å². The molecule has 1 amide bonds. The van der Waals surface area contributed by atoms with Crippen LogP contribution in [0.4, 0.5) is 11.6 Å². The Morgan fingerprint density at radius 3 is 2.64 bits per heavy atom. The number of carbonyl (C=O) groups excluding carboxylic acids is 1. The maximum Gasteiger partial charge on any atom is 0.225 e. The van der Waals surface area contributed by atoms with Gasteiger partial charge in [-0.05, 0) is 44.4 Å². The average Bonchev–Trinajstić information content (AvgIpc) is 2.84. The van der Waals surface area contributed by atoms with E-state index in [1.807, 2.05) is 56.3 Å². The minimum absolute atomic E-state index is 0.0245. The van der Waals surface area contributed by atoms with Gasteiger partial charge < -0.3 is 19.3 Å². The number of carbonyl (C=O) groups is 1. The molecule has 0 aliphatic carbocycles. The van der Waals surface area contributed by atoms with Crippen LogP contribution in [0.1, 0.15) is 30.9 Å². The molecule has 4 rings (SSSR count). The summed E-state index contributed by atoms with van der Waals surface area (Å²) in [6, 6.07) is 15.9. The molecule has 7 heteroatoms. The van der Waals surface area contributed by atoms with Crippen molar-refractivity contribution in [2.24, 2.45) is 0 Å². The number of aryl methyl sites for hydroxylation is 1. The fourth-order valence-corrected chi connectivity index (χ4v) is 4.04. The Kier molecular flexibility index (Phi) is 7.40. The molecule has 1 aliphatic rings. The van der Waals surface area contributed by atoms with Crippen LogP contribution in [0.2, 0.25) is 0 Å². The number of piperidine rings is 1. The van der Waals surface area contributed by atoms with Gasteiger partial charge in [-0.25, -0.2) is 9.97 Å². The number of nitrogens with zero attached hydrogens (tertiary/aromatic N) is 4. The van der Waals surface area contributed by atoms with E-state index in [9.17, 15) is 4.79 Å². The minimum Gasteiger partial charge on any atom is -0.490 e. The molecule has 3 aromatic rings. The maximum atomic E-state index is 11.7. The SMILES string of the molecule is CCOc1ccccc1OC1CCCN(c2ncc(N(C=O)Cc3cccc(C)c3)cn2)C1. The second kappa shape index (κ2) is 10.8. The van der Waals surface area contributed by atoms with E-state index in [1.54, 1.807) is 17.3 Å². The van der Waals surface area contributed by atoms with Gasteiger partial charge in [-0.15, -0.1) is 0 Å². The van der Waals surface area contributed by atoms with Gasteiger partial charge in [-0.1, -0.05) is 42.0 Å². The third-order valence-corrected chi connectivity index (χ3v) is 5.62. The third kappa shape index (κ3) is 5.80. The van der Waals surface area contributed by atoms with E-state index >= 15 is 0 Å². The van der Waals surface area contributed by atoms with Gasteiger partial charge in [-0.2, -0.15) is 0 Å². The first-order chi connectivity index (χ1) is 16.2. The molecule has 1 fully saturated rings. The van der Waals surface area contributed by atoms with Crippen molar-refractivity contribution in [2.45, 2.75) is 39.3 Å². The molecule has 0 saturated carbocycles. The topological polar surface area (TPSA) is 67.8 Å². The molecule has 0 N–H and O–H groups in total. The Morgan fingerprint density at radius 2 is 1.91 bits per heavy atom. The van der Waals surface area contributed by atoms with Crippen molar-refractivity contribution in [3.63, 3.8) is 0 Å². The van der Waals surface area contributed by atoms with E-state index in [-0.39, 0.29) is 6.10 Å². The van der Waals surface area contributed by atoms with Gasteiger partial charge in [0.25, 0.3) is 0 Å². The zero-order chi connectivity index (χ0) is 23.0. The highest BCUT2D eigenvalue weighted by Gasteiger charge is 2.24. The van der Waals surface area contributed by atoms with Gasteiger partial charge in [0.15, 0.2) is 11.5 Å². The Hall–Kier alpha value is -3.61. The molecule has 0 spiro atoms. The summed E-state index contributed by atoms with van der Waals surface area (Å²) >= 11 is 0. The summed E-state index contributed by atoms with van der Waals surface area (Å²) in [6.07, 6.45) is 6.21. The van der Waals surface area contributed by atoms with Crippen LogP contribution in [0.25, 0.3) is 0 Å². The number of amides is 1. The second-order valence-electron chi connectivity index (χ2n) is 8.17. The van der Waals surface area contributed by atoms with Crippen molar-refractivity contribution in [1.29, 1.82) is 0 Å². The number of ether oxygens (including phenoxy) is 2. The summed E-state index contributed by atoms with van der Waals surface area (Å²) in [5, 5.41) is 0. The van der Waals surface area contributed by atoms with E-state index < -0.39 is 0 Å². The summed E-state index contributed by atoms with van der Waals surface area (Å²) in [5.74, 6) is 2.17. The molecular weight excluding hydrogens is 416 g/mol. The molecule has 0 radical (unpaired) electrons. The van der Waals surface area contributed by atoms with E-state index in [0.29, 0.717) is 31.3 Å². The quantitative estimate of drug-likeness (QED) is 0.454. The molecule has 1 aliphatic heterocycles. The van der Waals surface area contributed by atoms with Crippen LogP contribution < -0.4 is 19.3 Å². The minimum atomic E-state index is 0.0245. The van der Waals surface area contributed by atoms with Gasteiger partial charge in [0.1, 0.15) is 6.10 Å². The van der Waals surface area contributed by atoms with Gasteiger partial charge in [0, 0.05) is 6.54 Å². The molecule has 2 aromatic carbocycles. The number of aromatic nitrogens is 2. The number of benzene rings is 2. The molecule has 1 saturated heterocycles. The molecule has 2 heterocycles. The Morgan fingerprint density at radius 1 is 1.12 bits per heavy atom. The second-order valence-corrected chi connectivity index (χ2v) is 8.17. The summed E-state index contributed by atoms with van der Waals surface area (Å²) in [7, 11) is 0. The number of hydrogen-bond donors (Lipinski definition) is 0. The van der Waals surface area contributed by atoms with Gasteiger partial charge >= 0.3 is 0 Å². The standard InChI is InChI=1S/C26H30N4O3/c1-3-32-24-11-4-5-12-25(24)33-23-10-7-13-29(18-23)26-27-15-22(16-28-26)30(19-31)17-21-9-6-8-20(2)14-21/h4-6,8-9,11-12,14-16,19,23H,3,7,10,13,17-18H2,1-2H3. The number of para-hydroxylation sites is 2. The van der Waals surface area contributed by atoms with Crippen LogP contribution in [0, 0.1) is 6.92 Å². The zero-order valence-electron chi connectivity index (χ0n) is 19.2. The molecule has 1 unspecified atom stereocenters. The fourth-order valence-electron chi connectivity index (χ4n) is 4.04. The summed E-state index contributed by atoms with van der Waals surface area (Å²) in [6.45, 7) is 6.64. The lowest BCUT2D eigenvalue weighted by Crippen LogP contribution is -2.42. The molecule has 1 atom stereocenters. The van der Waals surface area contributed by atoms with E-state index in [0.717, 1.165) is 48.4 Å². The monoisotopic (exact) mass is 446 g/mol. The first-order valence-corrected chi connectivity index (χ1v) is 11.4. The first kappa shape index (κ1) is 22.6. The van der Waals surface area contributed by atoms with E-state index in [2.05, 4.69) is 20.9 Å². The lowest BCUT2D eigenvalue weighted by molar-refractivity contribution is -0.107. The smallest absolute Gasteiger partial charge is 0.225 e. The first-order valence-electron chi connectivity index (χ1n) is 11.4. The molecular formula is C26H30N4O3. The lowest BCUT2D eigenvalue weighted by atomic mass is 10.1. The molecule has 7 nitrogen and oxygen atoms in total. The predicted molar refractivity (Wildman–Crippen MR) is 129 cm³/mol. The van der Waals surface area contributed by atoms with Crippen LogP contribution in [0.5, 0.6) is 11.5 Å². The molecule has 0 bridgehead atoms. The number of anilines is 2. The Bertz CT molecular complexity index is 1060. The zero-order valence-corrected chi connectivity index (χ0v) is 19.2. The van der Waals surface area contributed by atoms with Crippen LogP contribution in [-0.2, 0) is 11.3 Å². The normalized spacial score (nSPS) is 15.7. The van der Waals surface area contributed by atoms with Crippen molar-refractivity contribution in [3.05, 3.63) is 72.1 Å². The lowest BCUT2D eigenvalue weighted by Gasteiger charge is -2.33. The largest absolute Gasteiger partial charge is 0.490 e. The van der Waals surface area contributed by atoms with Crippen LogP contribution in [0.15, 0.2) is 60.9 Å². The van der Waals surface area contributed by atoms with Gasteiger partial charge in [-0.3, -0.25) is 4.79 Å². The van der Waals surface area contributed by atoms with Crippen LogP contribution in [-0.4, -0.2) is 42.2 Å². The average molecular weight is 447 g/mol. The Labute approximate surface area is 195 Å². The highest BCUT2D eigenvalue weighted by Crippen LogP contribution is 2.29. The van der Waals surface area contributed by atoms with Gasteiger partial charge in [0.2, 0.25) is 12.4 Å². The predicted octanol–water partition coefficient (Wildman–Crippen LogP) is 4.39. The highest BCUT2D eigenvalue weighted by atomic mass is 16.5. The van der Waals surface area contributed by atoms with E-state index in [4.69, 9.17) is 9.47 Å². The summed E-state index contributed by atoms with van der Waals surface area (Å²) in [4.78, 5) is 24.6. The fraction of sp³-hybridized carbons (Fsp3) is 0.346. The van der Waals surface area contributed by atoms with Gasteiger partial charge in [0.05, 0.1) is 37.8 Å². The number of rotatable bonds is 9. The van der Waals surface area contributed by atoms with Crippen molar-refractivity contribution in [3.8, 4) is 11.5 Å². The summed E-state index contributed by atoms with van der Waals surface area (Å²) < 4.78 is 12.0. The molecule has 33 heavy (non-hydrogen) atoms. The van der Waals surface area contributed by atoms with Crippen molar-refractivity contribution in [1.82, 2.24) is 9.97 Å². The summed E-state index contributed by atoms with van der Waals surface area (Å²) in [5.41, 5.74) is 2.90. The molecule has 1 aromatic heterocycles. The van der Waals surface area contributed by atoms with E-state index in [1.165, 1.54) is 0 Å². The number of hydrogen-bond acceptors (Lipinski definition) is 6. The Balaban J connectivity index is 1.41.